The number of nitrogens with zero attached hydrogens (tertiary/aromatic N) is 1. The SMILES string of the molecule is CNc1nc(Cl)c(S(=O)[O-])s1. The molecule has 0 bridgehead atoms. The van der Waals surface area contributed by atoms with E-state index in [1.807, 2.05) is 0 Å². The molecule has 0 aliphatic rings. The van der Waals surface area contributed by atoms with Gasteiger partial charge in [-0.3, -0.25) is 4.21 Å². The molecule has 1 heterocycles. The first kappa shape index (κ1) is 8.92. The van der Waals surface area contributed by atoms with Crippen LogP contribution in [0, 0.1) is 0 Å². The molecule has 0 spiro atoms. The Balaban J connectivity index is 3.07. The molecule has 1 aromatic rings. The first-order valence-electron chi connectivity index (χ1n) is 2.58. The summed E-state index contributed by atoms with van der Waals surface area (Å²) >= 11 is 4.20. The zero-order valence-electron chi connectivity index (χ0n) is 5.46. The van der Waals surface area contributed by atoms with E-state index in [9.17, 15) is 8.76 Å². The zero-order chi connectivity index (χ0) is 8.43. The van der Waals surface area contributed by atoms with Crippen LogP contribution in [0.1, 0.15) is 0 Å². The largest absolute Gasteiger partial charge is 0.768 e. The van der Waals surface area contributed by atoms with Crippen molar-refractivity contribution in [3.63, 3.8) is 0 Å². The fourth-order valence-electron chi connectivity index (χ4n) is 0.497. The summed E-state index contributed by atoms with van der Waals surface area (Å²) < 4.78 is 20.9. The molecule has 0 saturated heterocycles. The molecule has 0 saturated carbocycles. The van der Waals surface area contributed by atoms with E-state index in [2.05, 4.69) is 10.3 Å². The Morgan fingerprint density at radius 2 is 2.45 bits per heavy atom. The van der Waals surface area contributed by atoms with Crippen LogP contribution in [0.3, 0.4) is 0 Å². The lowest BCUT2D eigenvalue weighted by Crippen LogP contribution is -1.84. The molecule has 0 fully saturated rings. The maximum Gasteiger partial charge on any atom is 0.185 e. The third-order valence-corrected chi connectivity index (χ3v) is 3.44. The number of halogens is 1. The molecule has 1 N–H and O–H groups in total. The molecule has 0 aliphatic carbocycles. The van der Waals surface area contributed by atoms with Crippen molar-refractivity contribution < 1.29 is 8.76 Å². The van der Waals surface area contributed by atoms with Crippen molar-refractivity contribution in [1.29, 1.82) is 0 Å². The summed E-state index contributed by atoms with van der Waals surface area (Å²) in [5, 5.41) is 3.21. The number of rotatable bonds is 2. The molecule has 62 valence electrons. The Labute approximate surface area is 74.9 Å². The van der Waals surface area contributed by atoms with Gasteiger partial charge in [-0.1, -0.05) is 22.9 Å². The highest BCUT2D eigenvalue weighted by Gasteiger charge is 2.07. The second-order valence-corrected chi connectivity index (χ2v) is 4.08. The van der Waals surface area contributed by atoms with Crippen LogP contribution in [0.25, 0.3) is 0 Å². The summed E-state index contributed by atoms with van der Waals surface area (Å²) in [4.78, 5) is 3.73. The Morgan fingerprint density at radius 3 is 2.73 bits per heavy atom. The Hall–Kier alpha value is -0.170. The Bertz CT molecular complexity index is 288. The zero-order valence-corrected chi connectivity index (χ0v) is 7.85. The van der Waals surface area contributed by atoms with Crippen molar-refractivity contribution in [1.82, 2.24) is 4.98 Å². The van der Waals surface area contributed by atoms with Crippen molar-refractivity contribution in [3.8, 4) is 0 Å². The quantitative estimate of drug-likeness (QED) is 0.744. The van der Waals surface area contributed by atoms with Crippen LogP contribution in [0.15, 0.2) is 4.21 Å². The molecule has 4 nitrogen and oxygen atoms in total. The topological polar surface area (TPSA) is 65.0 Å². The number of hydrogen-bond donors (Lipinski definition) is 1. The highest BCUT2D eigenvalue weighted by molar-refractivity contribution is 7.82. The molecular formula is C4H4ClN2O2S2-. The molecule has 0 aromatic carbocycles. The number of thiazole rings is 1. The average Bonchev–Trinajstić information content (AvgIpc) is 2.30. The van der Waals surface area contributed by atoms with Crippen molar-refractivity contribution in [2.24, 2.45) is 0 Å². The van der Waals surface area contributed by atoms with Gasteiger partial charge in [0.2, 0.25) is 0 Å². The fourth-order valence-corrected chi connectivity index (χ4v) is 2.17. The highest BCUT2D eigenvalue weighted by Crippen LogP contribution is 2.28. The van der Waals surface area contributed by atoms with Crippen LogP contribution in [0.5, 0.6) is 0 Å². The second-order valence-electron chi connectivity index (χ2n) is 1.58. The molecule has 1 aromatic heterocycles. The minimum Gasteiger partial charge on any atom is -0.768 e. The van der Waals surface area contributed by atoms with E-state index in [0.717, 1.165) is 11.3 Å². The van der Waals surface area contributed by atoms with E-state index in [-0.39, 0.29) is 9.36 Å². The summed E-state index contributed by atoms with van der Waals surface area (Å²) in [6.45, 7) is 0. The molecule has 11 heavy (non-hydrogen) atoms. The van der Waals surface area contributed by atoms with E-state index in [0.29, 0.717) is 5.13 Å². The number of aromatic nitrogens is 1. The smallest absolute Gasteiger partial charge is 0.185 e. The van der Waals surface area contributed by atoms with Crippen LogP contribution < -0.4 is 5.32 Å². The van der Waals surface area contributed by atoms with E-state index in [1.165, 1.54) is 0 Å². The highest BCUT2D eigenvalue weighted by atomic mass is 35.5. The van der Waals surface area contributed by atoms with E-state index >= 15 is 0 Å². The standard InChI is InChI=1S/C4H5ClN2O2S2/c1-6-4-7-2(5)3(10-4)11(8)9/h1H3,(H,6,7)(H,8,9)/p-1. The molecule has 0 radical (unpaired) electrons. The fraction of sp³-hybridized carbons (Fsp3) is 0.250. The number of hydrogen-bond acceptors (Lipinski definition) is 5. The maximum atomic E-state index is 10.4. The predicted octanol–water partition coefficient (Wildman–Crippen LogP) is 1.08. The summed E-state index contributed by atoms with van der Waals surface area (Å²) in [5.41, 5.74) is 0. The Morgan fingerprint density at radius 1 is 1.82 bits per heavy atom. The van der Waals surface area contributed by atoms with Gasteiger partial charge in [0.05, 0.1) is 0 Å². The molecule has 0 aliphatic heterocycles. The van der Waals surface area contributed by atoms with Gasteiger partial charge in [-0.25, -0.2) is 4.98 Å². The lowest BCUT2D eigenvalue weighted by Gasteiger charge is -1.98. The van der Waals surface area contributed by atoms with E-state index in [4.69, 9.17) is 11.6 Å². The van der Waals surface area contributed by atoms with Gasteiger partial charge < -0.3 is 9.87 Å². The average molecular weight is 212 g/mol. The molecular weight excluding hydrogens is 208 g/mol. The molecule has 1 unspecified atom stereocenters. The number of anilines is 1. The first-order valence-corrected chi connectivity index (χ1v) is 4.85. The van der Waals surface area contributed by atoms with E-state index < -0.39 is 11.1 Å². The van der Waals surface area contributed by atoms with Gasteiger partial charge in [-0.05, 0) is 11.1 Å². The minimum absolute atomic E-state index is 0.0210. The second kappa shape index (κ2) is 3.48. The van der Waals surface area contributed by atoms with Gasteiger partial charge in [0, 0.05) is 7.05 Å². The van der Waals surface area contributed by atoms with Crippen molar-refractivity contribution in [3.05, 3.63) is 5.15 Å². The van der Waals surface area contributed by atoms with Gasteiger partial charge >= 0.3 is 0 Å². The van der Waals surface area contributed by atoms with Gasteiger partial charge in [0.25, 0.3) is 0 Å². The molecule has 1 atom stereocenters. The lowest BCUT2D eigenvalue weighted by atomic mass is 11.0. The molecule has 1 rings (SSSR count). The van der Waals surface area contributed by atoms with Gasteiger partial charge in [0.15, 0.2) is 10.3 Å². The molecule has 7 heteroatoms. The molecule has 0 amide bonds. The van der Waals surface area contributed by atoms with Gasteiger partial charge in [-0.15, -0.1) is 0 Å². The van der Waals surface area contributed by atoms with Gasteiger partial charge in [-0.2, -0.15) is 0 Å². The summed E-state index contributed by atoms with van der Waals surface area (Å²) in [6, 6.07) is 0. The third-order valence-electron chi connectivity index (χ3n) is 0.923. The predicted molar refractivity (Wildman–Crippen MR) is 43.9 cm³/mol. The summed E-state index contributed by atoms with van der Waals surface area (Å²) in [5.74, 6) is 0. The van der Waals surface area contributed by atoms with E-state index in [1.54, 1.807) is 7.05 Å². The number of nitrogens with one attached hydrogen (secondary N) is 1. The summed E-state index contributed by atoms with van der Waals surface area (Å²) in [6.07, 6.45) is 0. The summed E-state index contributed by atoms with van der Waals surface area (Å²) in [7, 11) is 1.65. The van der Waals surface area contributed by atoms with Crippen LogP contribution in [0.2, 0.25) is 5.15 Å². The normalized spacial score (nSPS) is 13.0. The van der Waals surface area contributed by atoms with Crippen LogP contribution in [-0.4, -0.2) is 20.8 Å². The Kier molecular flexibility index (Phi) is 2.83. The van der Waals surface area contributed by atoms with Crippen LogP contribution >= 0.6 is 22.9 Å². The monoisotopic (exact) mass is 211 g/mol. The first-order chi connectivity index (χ1) is 5.15. The van der Waals surface area contributed by atoms with Crippen molar-refractivity contribution in [2.45, 2.75) is 4.21 Å². The van der Waals surface area contributed by atoms with Crippen molar-refractivity contribution >= 4 is 39.1 Å². The minimum atomic E-state index is -2.29. The van der Waals surface area contributed by atoms with Crippen molar-refractivity contribution in [2.75, 3.05) is 12.4 Å². The van der Waals surface area contributed by atoms with Crippen LogP contribution in [0.4, 0.5) is 5.13 Å². The lowest BCUT2D eigenvalue weighted by molar-refractivity contribution is 0.539. The van der Waals surface area contributed by atoms with Crippen LogP contribution in [-0.2, 0) is 11.1 Å². The third kappa shape index (κ3) is 1.90. The van der Waals surface area contributed by atoms with Gasteiger partial charge in [0.1, 0.15) is 4.21 Å². The maximum absolute atomic E-state index is 10.4.